The summed E-state index contributed by atoms with van der Waals surface area (Å²) < 4.78 is 32.7. The van der Waals surface area contributed by atoms with Crippen LogP contribution in [0.3, 0.4) is 0 Å². The quantitative estimate of drug-likeness (QED) is 0.459. The lowest BCUT2D eigenvalue weighted by molar-refractivity contribution is 0.262. The average Bonchev–Trinajstić information content (AvgIpc) is 3.19. The minimum Gasteiger partial charge on any atom is -0.493 e. The van der Waals surface area contributed by atoms with Crippen molar-refractivity contribution >= 4 is 28.3 Å². The number of pyridine rings is 1. The van der Waals surface area contributed by atoms with Gasteiger partial charge in [0.15, 0.2) is 23.1 Å². The number of urea groups is 1. The third-order valence-corrected chi connectivity index (χ3v) is 4.58. The van der Waals surface area contributed by atoms with Crippen LogP contribution in [0, 0.1) is 5.82 Å². The highest BCUT2D eigenvalue weighted by atomic mass is 19.1. The predicted molar refractivity (Wildman–Crippen MR) is 117 cm³/mol. The standard InChI is InChI=1S/C22H20FN5O4/c1-28-12-14(11-25-28)27-22(29)26-13-4-5-19(16(23)8-13)32-18-6-7-24-17-10-21(31-3)20(30-2)9-15(17)18/h4-12H,1-3H3,(H2,26,27,29). The fourth-order valence-electron chi connectivity index (χ4n) is 3.10. The number of amides is 2. The smallest absolute Gasteiger partial charge is 0.323 e. The van der Waals surface area contributed by atoms with E-state index in [4.69, 9.17) is 14.2 Å². The van der Waals surface area contributed by atoms with E-state index in [-0.39, 0.29) is 11.4 Å². The third-order valence-electron chi connectivity index (χ3n) is 4.58. The highest BCUT2D eigenvalue weighted by Gasteiger charge is 2.14. The number of benzene rings is 2. The highest BCUT2D eigenvalue weighted by Crippen LogP contribution is 2.37. The van der Waals surface area contributed by atoms with E-state index in [1.165, 1.54) is 38.6 Å². The average molecular weight is 437 g/mol. The second kappa shape index (κ2) is 8.80. The lowest BCUT2D eigenvalue weighted by atomic mass is 10.2. The summed E-state index contributed by atoms with van der Waals surface area (Å²) >= 11 is 0. The molecular formula is C22H20FN5O4. The van der Waals surface area contributed by atoms with Crippen LogP contribution in [0.4, 0.5) is 20.6 Å². The molecule has 32 heavy (non-hydrogen) atoms. The van der Waals surface area contributed by atoms with Crippen LogP contribution in [0.2, 0.25) is 0 Å². The Hall–Kier alpha value is -4.34. The molecule has 10 heteroatoms. The van der Waals surface area contributed by atoms with Gasteiger partial charge >= 0.3 is 6.03 Å². The van der Waals surface area contributed by atoms with Crippen molar-refractivity contribution in [2.24, 2.45) is 7.05 Å². The first-order chi connectivity index (χ1) is 15.5. The van der Waals surface area contributed by atoms with Gasteiger partial charge in [-0.25, -0.2) is 9.18 Å². The molecule has 2 heterocycles. The van der Waals surface area contributed by atoms with Crippen molar-refractivity contribution in [3.63, 3.8) is 0 Å². The van der Waals surface area contributed by atoms with Gasteiger partial charge in [-0.1, -0.05) is 0 Å². The number of anilines is 2. The van der Waals surface area contributed by atoms with Crippen LogP contribution in [0.25, 0.3) is 10.9 Å². The van der Waals surface area contributed by atoms with Gasteiger partial charge in [-0.3, -0.25) is 9.67 Å². The van der Waals surface area contributed by atoms with E-state index in [1.807, 2.05) is 0 Å². The van der Waals surface area contributed by atoms with Gasteiger partial charge in [-0.2, -0.15) is 5.10 Å². The number of halogens is 1. The van der Waals surface area contributed by atoms with Crippen LogP contribution >= 0.6 is 0 Å². The second-order valence-corrected chi connectivity index (χ2v) is 6.76. The first-order valence-electron chi connectivity index (χ1n) is 9.51. The van der Waals surface area contributed by atoms with Gasteiger partial charge in [0.05, 0.1) is 31.6 Å². The molecule has 0 radical (unpaired) electrons. The number of nitrogens with one attached hydrogen (secondary N) is 2. The first-order valence-corrected chi connectivity index (χ1v) is 9.51. The molecule has 0 aliphatic carbocycles. The second-order valence-electron chi connectivity index (χ2n) is 6.76. The Bertz CT molecular complexity index is 1290. The van der Waals surface area contributed by atoms with Crippen LogP contribution in [0.15, 0.2) is 55.0 Å². The molecule has 0 fully saturated rings. The molecule has 0 aliphatic heterocycles. The molecule has 4 aromatic rings. The maximum Gasteiger partial charge on any atom is 0.323 e. The number of carbonyl (C=O) groups is 1. The molecule has 4 rings (SSSR count). The maximum atomic E-state index is 14.7. The Morgan fingerprint density at radius 1 is 0.969 bits per heavy atom. The Balaban J connectivity index is 1.54. The van der Waals surface area contributed by atoms with Gasteiger partial charge in [0.1, 0.15) is 5.75 Å². The van der Waals surface area contributed by atoms with Crippen LogP contribution in [-0.4, -0.2) is 35.0 Å². The summed E-state index contributed by atoms with van der Waals surface area (Å²) in [6.07, 6.45) is 4.70. The molecule has 2 N–H and O–H groups in total. The Morgan fingerprint density at radius 2 is 1.72 bits per heavy atom. The fraction of sp³-hybridized carbons (Fsp3) is 0.136. The van der Waals surface area contributed by atoms with Gasteiger partial charge in [0.25, 0.3) is 0 Å². The molecule has 0 bridgehead atoms. The number of methoxy groups -OCH3 is 2. The lowest BCUT2D eigenvalue weighted by Gasteiger charge is -2.13. The molecule has 0 aliphatic rings. The van der Waals surface area contributed by atoms with Crippen molar-refractivity contribution < 1.29 is 23.4 Å². The van der Waals surface area contributed by atoms with Gasteiger partial charge < -0.3 is 24.8 Å². The molecule has 2 amide bonds. The number of aromatic nitrogens is 3. The van der Waals surface area contributed by atoms with Crippen LogP contribution in [0.1, 0.15) is 0 Å². The molecule has 9 nitrogen and oxygen atoms in total. The minimum atomic E-state index is -0.644. The Labute approximate surface area is 182 Å². The maximum absolute atomic E-state index is 14.7. The first kappa shape index (κ1) is 20.9. The monoisotopic (exact) mass is 437 g/mol. The molecule has 0 unspecified atom stereocenters. The minimum absolute atomic E-state index is 0.00879. The van der Waals surface area contributed by atoms with E-state index < -0.39 is 11.8 Å². The number of hydrogen-bond acceptors (Lipinski definition) is 6. The Kier molecular flexibility index (Phi) is 5.75. The molecule has 0 spiro atoms. The number of nitrogens with zero attached hydrogens (tertiary/aromatic N) is 3. The number of fused-ring (bicyclic) bond motifs is 1. The van der Waals surface area contributed by atoms with E-state index >= 15 is 0 Å². The fourth-order valence-corrected chi connectivity index (χ4v) is 3.10. The summed E-state index contributed by atoms with van der Waals surface area (Å²) in [7, 11) is 4.79. The normalized spacial score (nSPS) is 10.6. The van der Waals surface area contributed by atoms with Crippen molar-refractivity contribution in [3.8, 4) is 23.0 Å². The molecule has 0 saturated heterocycles. The zero-order valence-electron chi connectivity index (χ0n) is 17.5. The van der Waals surface area contributed by atoms with Gasteiger partial charge in [0, 0.05) is 42.6 Å². The molecular weight excluding hydrogens is 417 g/mol. The predicted octanol–water partition coefficient (Wildman–Crippen LogP) is 4.56. The summed E-state index contributed by atoms with van der Waals surface area (Å²) in [6.45, 7) is 0. The van der Waals surface area contributed by atoms with Crippen molar-refractivity contribution in [2.45, 2.75) is 0 Å². The number of rotatable bonds is 6. The van der Waals surface area contributed by atoms with E-state index in [0.717, 1.165) is 0 Å². The molecule has 2 aromatic heterocycles. The van der Waals surface area contributed by atoms with Crippen LogP contribution < -0.4 is 24.8 Å². The van der Waals surface area contributed by atoms with Crippen LogP contribution in [0.5, 0.6) is 23.0 Å². The number of carbonyl (C=O) groups excluding carboxylic acids is 1. The van der Waals surface area contributed by atoms with Crippen molar-refractivity contribution in [2.75, 3.05) is 24.9 Å². The topological polar surface area (TPSA) is 99.5 Å². The van der Waals surface area contributed by atoms with E-state index in [2.05, 4.69) is 20.7 Å². The third kappa shape index (κ3) is 4.38. The SMILES string of the molecule is COc1cc2nccc(Oc3ccc(NC(=O)Nc4cnn(C)c4)cc3F)c2cc1OC. The summed E-state index contributed by atoms with van der Waals surface area (Å²) in [5, 5.41) is 9.77. The van der Waals surface area contributed by atoms with E-state index in [0.29, 0.717) is 33.8 Å². The van der Waals surface area contributed by atoms with Crippen molar-refractivity contribution in [1.82, 2.24) is 14.8 Å². The summed E-state index contributed by atoms with van der Waals surface area (Å²) in [4.78, 5) is 16.4. The van der Waals surface area contributed by atoms with Crippen molar-refractivity contribution in [1.29, 1.82) is 0 Å². The number of aryl methyl sites for hydroxylation is 1. The molecule has 0 saturated carbocycles. The Morgan fingerprint density at radius 3 is 2.41 bits per heavy atom. The van der Waals surface area contributed by atoms with Gasteiger partial charge in [-0.05, 0) is 24.3 Å². The van der Waals surface area contributed by atoms with Crippen molar-refractivity contribution in [3.05, 3.63) is 60.8 Å². The highest BCUT2D eigenvalue weighted by molar-refractivity contribution is 5.99. The number of hydrogen-bond donors (Lipinski definition) is 2. The zero-order chi connectivity index (χ0) is 22.7. The van der Waals surface area contributed by atoms with Crippen LogP contribution in [-0.2, 0) is 7.05 Å². The molecule has 164 valence electrons. The molecule has 0 atom stereocenters. The lowest BCUT2D eigenvalue weighted by Crippen LogP contribution is -2.19. The summed E-state index contributed by atoms with van der Waals surface area (Å²) in [5.74, 6) is 0.762. The summed E-state index contributed by atoms with van der Waals surface area (Å²) in [6, 6.07) is 8.67. The molecule has 2 aromatic carbocycles. The zero-order valence-corrected chi connectivity index (χ0v) is 17.5. The van der Waals surface area contributed by atoms with E-state index in [1.54, 1.807) is 42.3 Å². The summed E-state index contributed by atoms with van der Waals surface area (Å²) in [5.41, 5.74) is 1.38. The van der Waals surface area contributed by atoms with Gasteiger partial charge in [-0.15, -0.1) is 0 Å². The largest absolute Gasteiger partial charge is 0.493 e. The van der Waals surface area contributed by atoms with Gasteiger partial charge in [0.2, 0.25) is 0 Å². The van der Waals surface area contributed by atoms with E-state index in [9.17, 15) is 9.18 Å². The number of ether oxygens (including phenoxy) is 3.